The van der Waals surface area contributed by atoms with Crippen molar-refractivity contribution >= 4 is 22.8 Å². The highest BCUT2D eigenvalue weighted by Crippen LogP contribution is 2.41. The number of rotatable bonds is 3. The number of likely N-dealkylation sites (N-methyl/N-ethyl adjacent to an activating group) is 1. The summed E-state index contributed by atoms with van der Waals surface area (Å²) in [4.78, 5) is 16.0. The van der Waals surface area contributed by atoms with Crippen molar-refractivity contribution < 1.29 is 4.79 Å². The summed E-state index contributed by atoms with van der Waals surface area (Å²) in [5, 5.41) is 6.85. The minimum Gasteiger partial charge on any atom is -0.356 e. The molecule has 0 aromatic rings. The van der Waals surface area contributed by atoms with Crippen LogP contribution < -0.4 is 10.6 Å². The molecular formula is C13H23N3OS. The molecule has 1 saturated carbocycles. The van der Waals surface area contributed by atoms with E-state index >= 15 is 0 Å². The van der Waals surface area contributed by atoms with E-state index in [0.29, 0.717) is 18.5 Å². The third-order valence-electron chi connectivity index (χ3n) is 3.76. The van der Waals surface area contributed by atoms with Gasteiger partial charge in [0.15, 0.2) is 5.17 Å². The monoisotopic (exact) mass is 269 g/mol. The van der Waals surface area contributed by atoms with E-state index in [2.05, 4.69) is 15.6 Å². The Labute approximate surface area is 113 Å². The van der Waals surface area contributed by atoms with E-state index in [-0.39, 0.29) is 5.91 Å². The molecule has 5 heteroatoms. The Bertz CT molecular complexity index is 324. The van der Waals surface area contributed by atoms with Crippen molar-refractivity contribution in [3.63, 3.8) is 0 Å². The number of amidine groups is 1. The second-order valence-corrected chi connectivity index (χ2v) is 6.24. The fourth-order valence-corrected chi connectivity index (χ4v) is 3.83. The molecule has 4 nitrogen and oxygen atoms in total. The molecule has 0 saturated heterocycles. The zero-order valence-electron chi connectivity index (χ0n) is 11.1. The van der Waals surface area contributed by atoms with Crippen molar-refractivity contribution in [2.24, 2.45) is 10.4 Å². The van der Waals surface area contributed by atoms with E-state index in [0.717, 1.165) is 17.5 Å². The van der Waals surface area contributed by atoms with Crippen LogP contribution in [0, 0.1) is 5.41 Å². The van der Waals surface area contributed by atoms with Gasteiger partial charge in [-0.1, -0.05) is 31.0 Å². The van der Waals surface area contributed by atoms with Gasteiger partial charge in [-0.2, -0.15) is 0 Å². The van der Waals surface area contributed by atoms with Crippen LogP contribution in [-0.4, -0.2) is 36.5 Å². The lowest BCUT2D eigenvalue weighted by molar-refractivity contribution is -0.119. The number of amides is 1. The number of hydrogen-bond donors (Lipinski definition) is 2. The van der Waals surface area contributed by atoms with Gasteiger partial charge in [-0.05, 0) is 25.2 Å². The number of aliphatic imine (C=N–C) groups is 1. The molecule has 18 heavy (non-hydrogen) atoms. The number of nitrogens with one attached hydrogen (secondary N) is 2. The zero-order chi connectivity index (χ0) is 12.8. The van der Waals surface area contributed by atoms with Gasteiger partial charge in [0, 0.05) is 18.8 Å². The number of nitrogens with zero attached hydrogens (tertiary/aromatic N) is 1. The molecule has 2 N–H and O–H groups in total. The maximum absolute atomic E-state index is 11.3. The van der Waals surface area contributed by atoms with Crippen LogP contribution in [0.3, 0.4) is 0 Å². The van der Waals surface area contributed by atoms with Crippen molar-refractivity contribution in [2.45, 2.75) is 39.0 Å². The van der Waals surface area contributed by atoms with Crippen molar-refractivity contribution in [3.05, 3.63) is 0 Å². The normalized spacial score (nSPS) is 22.4. The number of carbonyl (C=O) groups is 1. The number of hydrogen-bond acceptors (Lipinski definition) is 4. The fourth-order valence-electron chi connectivity index (χ4n) is 2.68. The summed E-state index contributed by atoms with van der Waals surface area (Å²) < 4.78 is 0. The van der Waals surface area contributed by atoms with Gasteiger partial charge >= 0.3 is 0 Å². The van der Waals surface area contributed by atoms with Crippen molar-refractivity contribution in [1.82, 2.24) is 10.6 Å². The molecule has 0 bridgehead atoms. The Balaban J connectivity index is 1.77. The lowest BCUT2D eigenvalue weighted by atomic mass is 9.75. The summed E-state index contributed by atoms with van der Waals surface area (Å²) in [6, 6.07) is 0. The standard InChI is InChI=1S/C13H23N3OS/c1-2-14-11(17)8-15-12-16-9-13(10-18-12)6-4-3-5-7-13/h2-10H2,1H3,(H,14,17)(H,15,16). The van der Waals surface area contributed by atoms with E-state index < -0.39 is 0 Å². The van der Waals surface area contributed by atoms with Gasteiger partial charge < -0.3 is 10.6 Å². The zero-order valence-corrected chi connectivity index (χ0v) is 11.9. The molecule has 0 unspecified atom stereocenters. The Kier molecular flexibility index (Phi) is 4.92. The van der Waals surface area contributed by atoms with Crippen LogP contribution in [0.25, 0.3) is 0 Å². The van der Waals surface area contributed by atoms with Crippen LogP contribution in [0.4, 0.5) is 0 Å². The second-order valence-electron chi connectivity index (χ2n) is 5.28. The number of carbonyl (C=O) groups excluding carboxylic acids is 1. The largest absolute Gasteiger partial charge is 0.356 e. The second kappa shape index (κ2) is 6.45. The van der Waals surface area contributed by atoms with Crippen LogP contribution in [-0.2, 0) is 4.79 Å². The van der Waals surface area contributed by atoms with Gasteiger partial charge in [0.2, 0.25) is 5.91 Å². The van der Waals surface area contributed by atoms with Crippen LogP contribution in [0.2, 0.25) is 0 Å². The molecule has 0 radical (unpaired) electrons. The van der Waals surface area contributed by atoms with Gasteiger partial charge in [0.1, 0.15) is 0 Å². The number of thioether (sulfide) groups is 1. The first-order valence-corrected chi connectivity index (χ1v) is 7.90. The summed E-state index contributed by atoms with van der Waals surface area (Å²) in [7, 11) is 0. The third kappa shape index (κ3) is 3.64. The van der Waals surface area contributed by atoms with E-state index in [4.69, 9.17) is 0 Å². The van der Waals surface area contributed by atoms with E-state index in [1.54, 1.807) is 11.8 Å². The molecule has 1 aliphatic heterocycles. The minimum absolute atomic E-state index is 0.0405. The van der Waals surface area contributed by atoms with Crippen molar-refractivity contribution in [3.8, 4) is 0 Å². The topological polar surface area (TPSA) is 53.5 Å². The predicted molar refractivity (Wildman–Crippen MR) is 77.0 cm³/mol. The van der Waals surface area contributed by atoms with Gasteiger partial charge in [0.25, 0.3) is 0 Å². The van der Waals surface area contributed by atoms with E-state index in [9.17, 15) is 4.79 Å². The minimum atomic E-state index is 0.0405. The highest BCUT2D eigenvalue weighted by Gasteiger charge is 2.34. The maximum atomic E-state index is 11.3. The first kappa shape index (κ1) is 13.7. The lowest BCUT2D eigenvalue weighted by Gasteiger charge is -2.38. The van der Waals surface area contributed by atoms with Gasteiger partial charge in [-0.3, -0.25) is 9.79 Å². The molecule has 0 aromatic heterocycles. The van der Waals surface area contributed by atoms with Gasteiger partial charge in [-0.15, -0.1) is 0 Å². The van der Waals surface area contributed by atoms with Crippen molar-refractivity contribution in [2.75, 3.05) is 25.4 Å². The molecule has 1 spiro atoms. The summed E-state index contributed by atoms with van der Waals surface area (Å²) >= 11 is 1.79. The van der Waals surface area contributed by atoms with Gasteiger partial charge in [-0.25, -0.2) is 0 Å². The molecule has 0 atom stereocenters. The van der Waals surface area contributed by atoms with E-state index in [1.165, 1.54) is 32.1 Å². The molecular weight excluding hydrogens is 246 g/mol. The average Bonchev–Trinajstić information content (AvgIpc) is 2.40. The molecule has 0 aromatic carbocycles. The lowest BCUT2D eigenvalue weighted by Crippen LogP contribution is -2.40. The maximum Gasteiger partial charge on any atom is 0.239 e. The van der Waals surface area contributed by atoms with E-state index in [1.807, 2.05) is 6.92 Å². The van der Waals surface area contributed by atoms with Gasteiger partial charge in [0.05, 0.1) is 6.54 Å². The van der Waals surface area contributed by atoms with Crippen LogP contribution in [0.5, 0.6) is 0 Å². The molecule has 102 valence electrons. The van der Waals surface area contributed by atoms with Crippen LogP contribution >= 0.6 is 11.8 Å². The summed E-state index contributed by atoms with van der Waals surface area (Å²) in [6.45, 7) is 3.89. The Morgan fingerprint density at radius 3 is 2.78 bits per heavy atom. The quantitative estimate of drug-likeness (QED) is 0.821. The molecule has 1 fully saturated rings. The first-order valence-electron chi connectivity index (χ1n) is 6.92. The molecule has 1 amide bonds. The Morgan fingerprint density at radius 1 is 1.39 bits per heavy atom. The van der Waals surface area contributed by atoms with Crippen molar-refractivity contribution in [1.29, 1.82) is 0 Å². The fraction of sp³-hybridized carbons (Fsp3) is 0.846. The average molecular weight is 269 g/mol. The Morgan fingerprint density at radius 2 is 2.17 bits per heavy atom. The highest BCUT2D eigenvalue weighted by molar-refractivity contribution is 8.13. The van der Waals surface area contributed by atoms with Crippen LogP contribution in [0.1, 0.15) is 39.0 Å². The molecule has 1 heterocycles. The third-order valence-corrected chi connectivity index (χ3v) is 5.07. The molecule has 2 rings (SSSR count). The summed E-state index contributed by atoms with van der Waals surface area (Å²) in [5.74, 6) is 1.20. The highest BCUT2D eigenvalue weighted by atomic mass is 32.2. The molecule has 1 aliphatic carbocycles. The Hall–Kier alpha value is -0.710. The SMILES string of the molecule is CCNC(=O)CNC1=NCC2(CCCCC2)CS1. The predicted octanol–water partition coefficient (Wildman–Crippen LogP) is 1.77. The first-order chi connectivity index (χ1) is 8.74. The van der Waals surface area contributed by atoms with Crippen LogP contribution in [0.15, 0.2) is 4.99 Å². The smallest absolute Gasteiger partial charge is 0.239 e. The summed E-state index contributed by atoms with van der Waals surface area (Å²) in [5.41, 5.74) is 0.458. The molecule has 2 aliphatic rings. The summed E-state index contributed by atoms with van der Waals surface area (Å²) in [6.07, 6.45) is 6.76.